The van der Waals surface area contributed by atoms with E-state index >= 15 is 0 Å². The number of hydrogen-bond acceptors (Lipinski definition) is 2. The molecular weight excluding hydrogens is 238 g/mol. The summed E-state index contributed by atoms with van der Waals surface area (Å²) in [5, 5.41) is 4.04. The summed E-state index contributed by atoms with van der Waals surface area (Å²) in [6.07, 6.45) is 2.05. The summed E-state index contributed by atoms with van der Waals surface area (Å²) < 4.78 is 5.56. The van der Waals surface area contributed by atoms with E-state index in [1.54, 1.807) is 6.26 Å². The molecule has 1 N–H and O–H groups in total. The number of carbonyl (C=O) groups excluding carboxylic acids is 1. The van der Waals surface area contributed by atoms with Crippen molar-refractivity contribution in [1.29, 1.82) is 0 Å². The lowest BCUT2D eigenvalue weighted by Crippen LogP contribution is -2.41. The number of rotatable bonds is 2. The smallest absolute Gasteiger partial charge is 0.224 e. The zero-order chi connectivity index (χ0) is 14.2. The number of carbonyl (C=O) groups is 1. The van der Waals surface area contributed by atoms with E-state index in [0.29, 0.717) is 6.42 Å². The molecule has 102 valence electrons. The standard InChI is InChI=1S/C16H21NO2/c1-10-6-11(2)15-12(9-19-13(15)7-10)8-14(18)17-16(3,4)5/h6-7,9H,8H2,1-5H3,(H,17,18). The van der Waals surface area contributed by atoms with Gasteiger partial charge in [0.2, 0.25) is 5.91 Å². The van der Waals surface area contributed by atoms with Gasteiger partial charge in [0.25, 0.3) is 0 Å². The molecule has 3 heteroatoms. The first-order valence-electron chi connectivity index (χ1n) is 6.54. The van der Waals surface area contributed by atoms with E-state index in [4.69, 9.17) is 4.42 Å². The minimum Gasteiger partial charge on any atom is -0.464 e. The number of nitrogens with one attached hydrogen (secondary N) is 1. The van der Waals surface area contributed by atoms with E-state index in [9.17, 15) is 4.79 Å². The normalized spacial score (nSPS) is 11.8. The molecule has 1 heterocycles. The molecule has 1 aromatic carbocycles. The maximum Gasteiger partial charge on any atom is 0.224 e. The van der Waals surface area contributed by atoms with Crippen LogP contribution in [-0.2, 0) is 11.2 Å². The molecular formula is C16H21NO2. The summed E-state index contributed by atoms with van der Waals surface area (Å²) in [4.78, 5) is 12.0. The van der Waals surface area contributed by atoms with Crippen LogP contribution >= 0.6 is 0 Å². The van der Waals surface area contributed by atoms with Gasteiger partial charge in [-0.05, 0) is 51.8 Å². The van der Waals surface area contributed by atoms with Crippen LogP contribution in [0.4, 0.5) is 0 Å². The quantitative estimate of drug-likeness (QED) is 0.896. The van der Waals surface area contributed by atoms with E-state index < -0.39 is 0 Å². The minimum absolute atomic E-state index is 0.0233. The molecule has 0 saturated carbocycles. The highest BCUT2D eigenvalue weighted by Gasteiger charge is 2.17. The summed E-state index contributed by atoms with van der Waals surface area (Å²) in [7, 11) is 0. The van der Waals surface area contributed by atoms with E-state index in [-0.39, 0.29) is 11.4 Å². The molecule has 0 bridgehead atoms. The molecule has 0 aliphatic carbocycles. The third kappa shape index (κ3) is 3.16. The minimum atomic E-state index is -0.206. The molecule has 2 aromatic rings. The van der Waals surface area contributed by atoms with Crippen LogP contribution < -0.4 is 5.32 Å². The molecule has 0 atom stereocenters. The van der Waals surface area contributed by atoms with Gasteiger partial charge in [-0.2, -0.15) is 0 Å². The van der Waals surface area contributed by atoms with Gasteiger partial charge >= 0.3 is 0 Å². The molecule has 0 spiro atoms. The van der Waals surface area contributed by atoms with Crippen LogP contribution in [0.2, 0.25) is 0 Å². The van der Waals surface area contributed by atoms with Gasteiger partial charge < -0.3 is 9.73 Å². The van der Waals surface area contributed by atoms with E-state index in [1.165, 1.54) is 5.56 Å². The van der Waals surface area contributed by atoms with Gasteiger partial charge in [-0.3, -0.25) is 4.79 Å². The number of hydrogen-bond donors (Lipinski definition) is 1. The Morgan fingerprint density at radius 1 is 1.26 bits per heavy atom. The largest absolute Gasteiger partial charge is 0.464 e. The zero-order valence-electron chi connectivity index (χ0n) is 12.3. The third-order valence-corrected chi connectivity index (χ3v) is 2.96. The molecule has 3 nitrogen and oxygen atoms in total. The zero-order valence-corrected chi connectivity index (χ0v) is 12.3. The Morgan fingerprint density at radius 3 is 2.58 bits per heavy atom. The van der Waals surface area contributed by atoms with Crippen molar-refractivity contribution in [1.82, 2.24) is 5.32 Å². The molecule has 0 saturated heterocycles. The monoisotopic (exact) mass is 259 g/mol. The fourth-order valence-corrected chi connectivity index (χ4v) is 2.39. The van der Waals surface area contributed by atoms with Crippen LogP contribution in [0.5, 0.6) is 0 Å². The summed E-state index contributed by atoms with van der Waals surface area (Å²) in [5.41, 5.74) is 3.93. The lowest BCUT2D eigenvalue weighted by molar-refractivity contribution is -0.121. The molecule has 19 heavy (non-hydrogen) atoms. The van der Waals surface area contributed by atoms with Gasteiger partial charge in [-0.25, -0.2) is 0 Å². The second-order valence-electron chi connectivity index (χ2n) is 6.19. The first-order chi connectivity index (χ1) is 8.76. The van der Waals surface area contributed by atoms with Crippen molar-refractivity contribution in [2.24, 2.45) is 0 Å². The van der Waals surface area contributed by atoms with Gasteiger partial charge in [-0.15, -0.1) is 0 Å². The number of furan rings is 1. The summed E-state index contributed by atoms with van der Waals surface area (Å²) in [6, 6.07) is 4.12. The van der Waals surface area contributed by atoms with Crippen molar-refractivity contribution in [2.45, 2.75) is 46.6 Å². The summed E-state index contributed by atoms with van der Waals surface area (Å²) in [6.45, 7) is 10.0. The van der Waals surface area contributed by atoms with Crippen LogP contribution in [-0.4, -0.2) is 11.4 Å². The fraction of sp³-hybridized carbons (Fsp3) is 0.438. The number of amides is 1. The van der Waals surface area contributed by atoms with Gasteiger partial charge in [0.15, 0.2) is 0 Å². The molecule has 1 amide bonds. The molecule has 0 radical (unpaired) electrons. The first kappa shape index (κ1) is 13.7. The Kier molecular flexibility index (Phi) is 3.40. The topological polar surface area (TPSA) is 42.2 Å². The maximum absolute atomic E-state index is 12.0. The number of benzene rings is 1. The highest BCUT2D eigenvalue weighted by molar-refractivity contribution is 5.90. The summed E-state index contributed by atoms with van der Waals surface area (Å²) in [5.74, 6) is 0.0233. The van der Waals surface area contributed by atoms with E-state index in [2.05, 4.69) is 18.3 Å². The van der Waals surface area contributed by atoms with Crippen molar-refractivity contribution in [2.75, 3.05) is 0 Å². The Bertz CT molecular complexity index is 617. The van der Waals surface area contributed by atoms with Gasteiger partial charge in [0, 0.05) is 16.5 Å². The highest BCUT2D eigenvalue weighted by Crippen LogP contribution is 2.26. The Hall–Kier alpha value is -1.77. The molecule has 0 aliphatic heterocycles. The van der Waals surface area contributed by atoms with Gasteiger partial charge in [0.1, 0.15) is 5.58 Å². The molecule has 2 rings (SSSR count). The first-order valence-corrected chi connectivity index (χ1v) is 6.54. The van der Waals surface area contributed by atoms with Crippen LogP contribution in [0, 0.1) is 13.8 Å². The Balaban J connectivity index is 2.29. The van der Waals surface area contributed by atoms with Crippen molar-refractivity contribution in [3.05, 3.63) is 35.1 Å². The average molecular weight is 259 g/mol. The molecule has 0 fully saturated rings. The van der Waals surface area contributed by atoms with Crippen LogP contribution in [0.3, 0.4) is 0 Å². The average Bonchev–Trinajstić information content (AvgIpc) is 2.57. The maximum atomic E-state index is 12.0. The second kappa shape index (κ2) is 4.72. The van der Waals surface area contributed by atoms with E-state index in [1.807, 2.05) is 33.8 Å². The fourth-order valence-electron chi connectivity index (χ4n) is 2.39. The predicted molar refractivity (Wildman–Crippen MR) is 77.3 cm³/mol. The lowest BCUT2D eigenvalue weighted by atomic mass is 10.0. The second-order valence-corrected chi connectivity index (χ2v) is 6.19. The number of aryl methyl sites for hydroxylation is 2. The number of fused-ring (bicyclic) bond motifs is 1. The van der Waals surface area contributed by atoms with Crippen molar-refractivity contribution < 1.29 is 9.21 Å². The van der Waals surface area contributed by atoms with Gasteiger partial charge in [-0.1, -0.05) is 6.07 Å². The molecule has 1 aromatic heterocycles. The molecule has 0 aliphatic rings. The summed E-state index contributed by atoms with van der Waals surface area (Å²) >= 11 is 0. The Labute approximate surface area is 114 Å². The van der Waals surface area contributed by atoms with Crippen molar-refractivity contribution >= 4 is 16.9 Å². The SMILES string of the molecule is Cc1cc(C)c2c(CC(=O)NC(C)(C)C)coc2c1. The Morgan fingerprint density at radius 2 is 1.95 bits per heavy atom. The van der Waals surface area contributed by atoms with Crippen LogP contribution in [0.1, 0.15) is 37.5 Å². The van der Waals surface area contributed by atoms with Gasteiger partial charge in [0.05, 0.1) is 12.7 Å². The lowest BCUT2D eigenvalue weighted by Gasteiger charge is -2.20. The van der Waals surface area contributed by atoms with Crippen molar-refractivity contribution in [3.8, 4) is 0 Å². The van der Waals surface area contributed by atoms with Crippen LogP contribution in [0.15, 0.2) is 22.8 Å². The highest BCUT2D eigenvalue weighted by atomic mass is 16.3. The van der Waals surface area contributed by atoms with E-state index in [0.717, 1.165) is 22.1 Å². The predicted octanol–water partition coefficient (Wildman–Crippen LogP) is 3.51. The van der Waals surface area contributed by atoms with Crippen LogP contribution in [0.25, 0.3) is 11.0 Å². The molecule has 0 unspecified atom stereocenters. The third-order valence-electron chi connectivity index (χ3n) is 2.96. The van der Waals surface area contributed by atoms with Crippen molar-refractivity contribution in [3.63, 3.8) is 0 Å².